The third-order valence-corrected chi connectivity index (χ3v) is 6.19. The zero-order valence-corrected chi connectivity index (χ0v) is 18.7. The number of piperazine rings is 1. The van der Waals surface area contributed by atoms with Crippen LogP contribution in [0, 0.1) is 6.92 Å². The normalized spacial score (nSPS) is 14.6. The van der Waals surface area contributed by atoms with E-state index in [0.717, 1.165) is 40.6 Å². The SMILES string of the molecule is Cc1c(-c2cccc(N3CCN(c4ccc(C(C)C)cn4)C(=O)C3)c2)nc2ccccn12. The van der Waals surface area contributed by atoms with E-state index in [-0.39, 0.29) is 5.91 Å². The Kier molecular flexibility index (Phi) is 5.13. The van der Waals surface area contributed by atoms with Crippen LogP contribution in [0.1, 0.15) is 31.0 Å². The number of aryl methyl sites for hydroxylation is 1. The van der Waals surface area contributed by atoms with Crippen LogP contribution in [-0.4, -0.2) is 39.9 Å². The number of hydrogen-bond donors (Lipinski definition) is 0. The predicted molar refractivity (Wildman–Crippen MR) is 128 cm³/mol. The first-order valence-corrected chi connectivity index (χ1v) is 11.1. The Morgan fingerprint density at radius 3 is 2.59 bits per heavy atom. The van der Waals surface area contributed by atoms with E-state index in [0.29, 0.717) is 19.0 Å². The highest BCUT2D eigenvalue weighted by Gasteiger charge is 2.26. The first-order chi connectivity index (χ1) is 15.5. The Hall–Kier alpha value is -3.67. The molecular weight excluding hydrogens is 398 g/mol. The van der Waals surface area contributed by atoms with E-state index < -0.39 is 0 Å². The molecule has 6 nitrogen and oxygen atoms in total. The lowest BCUT2D eigenvalue weighted by Gasteiger charge is -2.35. The fraction of sp³-hybridized carbons (Fsp3) is 0.269. The molecule has 1 saturated heterocycles. The van der Waals surface area contributed by atoms with Gasteiger partial charge in [0.1, 0.15) is 11.5 Å². The highest BCUT2D eigenvalue weighted by atomic mass is 16.2. The first-order valence-electron chi connectivity index (χ1n) is 11.1. The van der Waals surface area contributed by atoms with E-state index in [9.17, 15) is 4.79 Å². The number of benzene rings is 1. The maximum Gasteiger partial charge on any atom is 0.247 e. The molecule has 1 aliphatic heterocycles. The fourth-order valence-electron chi connectivity index (χ4n) is 4.28. The molecule has 1 aromatic carbocycles. The number of pyridine rings is 2. The molecule has 1 aliphatic rings. The van der Waals surface area contributed by atoms with Gasteiger partial charge < -0.3 is 9.30 Å². The third kappa shape index (κ3) is 3.62. The van der Waals surface area contributed by atoms with E-state index >= 15 is 0 Å². The Bertz CT molecular complexity index is 1280. The van der Waals surface area contributed by atoms with Gasteiger partial charge in [-0.3, -0.25) is 9.69 Å². The van der Waals surface area contributed by atoms with Crippen LogP contribution in [0.25, 0.3) is 16.9 Å². The topological polar surface area (TPSA) is 53.7 Å². The number of aromatic nitrogens is 3. The average Bonchev–Trinajstić information content (AvgIpc) is 3.16. The summed E-state index contributed by atoms with van der Waals surface area (Å²) in [5, 5.41) is 0. The van der Waals surface area contributed by atoms with Gasteiger partial charge >= 0.3 is 0 Å². The molecule has 0 atom stereocenters. The Morgan fingerprint density at radius 1 is 1.00 bits per heavy atom. The van der Waals surface area contributed by atoms with Crippen molar-refractivity contribution in [1.29, 1.82) is 0 Å². The molecule has 1 fully saturated rings. The monoisotopic (exact) mass is 425 g/mol. The van der Waals surface area contributed by atoms with Gasteiger partial charge in [0.15, 0.2) is 0 Å². The van der Waals surface area contributed by atoms with E-state index in [1.165, 1.54) is 5.56 Å². The number of nitrogens with zero attached hydrogens (tertiary/aromatic N) is 5. The molecule has 0 radical (unpaired) electrons. The van der Waals surface area contributed by atoms with Crippen molar-refractivity contribution in [3.8, 4) is 11.3 Å². The molecule has 0 unspecified atom stereocenters. The minimum absolute atomic E-state index is 0.0651. The number of anilines is 2. The van der Waals surface area contributed by atoms with Crippen molar-refractivity contribution in [2.45, 2.75) is 26.7 Å². The second-order valence-electron chi connectivity index (χ2n) is 8.60. The predicted octanol–water partition coefficient (Wildman–Crippen LogP) is 4.68. The van der Waals surface area contributed by atoms with E-state index in [4.69, 9.17) is 4.98 Å². The lowest BCUT2D eigenvalue weighted by molar-refractivity contribution is -0.117. The van der Waals surface area contributed by atoms with Crippen molar-refractivity contribution in [2.24, 2.45) is 0 Å². The van der Waals surface area contributed by atoms with E-state index in [2.05, 4.69) is 59.3 Å². The van der Waals surface area contributed by atoms with Crippen LogP contribution in [0.2, 0.25) is 0 Å². The summed E-state index contributed by atoms with van der Waals surface area (Å²) in [5.74, 6) is 1.22. The molecule has 0 spiro atoms. The summed E-state index contributed by atoms with van der Waals surface area (Å²) in [4.78, 5) is 26.2. The van der Waals surface area contributed by atoms with Crippen molar-refractivity contribution in [1.82, 2.24) is 14.4 Å². The molecule has 0 aliphatic carbocycles. The number of rotatable bonds is 4. The summed E-state index contributed by atoms with van der Waals surface area (Å²) in [5.41, 5.74) is 6.29. The van der Waals surface area contributed by atoms with Crippen LogP contribution in [0.5, 0.6) is 0 Å². The van der Waals surface area contributed by atoms with Crippen LogP contribution >= 0.6 is 0 Å². The number of carbonyl (C=O) groups is 1. The molecule has 0 saturated carbocycles. The smallest absolute Gasteiger partial charge is 0.247 e. The summed E-state index contributed by atoms with van der Waals surface area (Å²) < 4.78 is 2.10. The van der Waals surface area contributed by atoms with E-state index in [1.54, 1.807) is 4.90 Å². The van der Waals surface area contributed by atoms with Gasteiger partial charge in [-0.2, -0.15) is 0 Å². The maximum absolute atomic E-state index is 13.0. The van der Waals surface area contributed by atoms with Crippen LogP contribution < -0.4 is 9.80 Å². The van der Waals surface area contributed by atoms with Gasteiger partial charge in [-0.15, -0.1) is 0 Å². The molecule has 0 bridgehead atoms. The Balaban J connectivity index is 1.36. The molecular formula is C26H27N5O. The van der Waals surface area contributed by atoms with Gasteiger partial charge in [0, 0.05) is 42.4 Å². The number of fused-ring (bicyclic) bond motifs is 1. The summed E-state index contributed by atoms with van der Waals surface area (Å²) in [6, 6.07) is 18.4. The third-order valence-electron chi connectivity index (χ3n) is 6.19. The fourth-order valence-corrected chi connectivity index (χ4v) is 4.28. The van der Waals surface area contributed by atoms with Crippen LogP contribution in [-0.2, 0) is 4.79 Å². The van der Waals surface area contributed by atoms with Gasteiger partial charge in [0.25, 0.3) is 0 Å². The summed E-state index contributed by atoms with van der Waals surface area (Å²) in [6.45, 7) is 8.07. The molecule has 4 heterocycles. The van der Waals surface area contributed by atoms with Crippen molar-refractivity contribution in [2.75, 3.05) is 29.4 Å². The quantitative estimate of drug-likeness (QED) is 0.476. The second-order valence-corrected chi connectivity index (χ2v) is 8.60. The molecule has 5 rings (SSSR count). The number of carbonyl (C=O) groups excluding carboxylic acids is 1. The second kappa shape index (κ2) is 8.11. The minimum atomic E-state index is 0.0651. The van der Waals surface area contributed by atoms with Gasteiger partial charge in [0.2, 0.25) is 5.91 Å². The van der Waals surface area contributed by atoms with Gasteiger partial charge in [-0.05, 0) is 48.7 Å². The molecule has 162 valence electrons. The Morgan fingerprint density at radius 2 is 1.88 bits per heavy atom. The molecule has 0 N–H and O–H groups in total. The van der Waals surface area contributed by atoms with E-state index in [1.807, 2.05) is 42.7 Å². The first kappa shape index (κ1) is 20.2. The number of amides is 1. The number of hydrogen-bond acceptors (Lipinski definition) is 4. The van der Waals surface area contributed by atoms with Crippen molar-refractivity contribution in [3.05, 3.63) is 78.2 Å². The highest BCUT2D eigenvalue weighted by molar-refractivity contribution is 5.97. The minimum Gasteiger partial charge on any atom is -0.360 e. The van der Waals surface area contributed by atoms with Crippen LogP contribution in [0.3, 0.4) is 0 Å². The molecule has 4 aromatic rings. The summed E-state index contributed by atoms with van der Waals surface area (Å²) >= 11 is 0. The lowest BCUT2D eigenvalue weighted by atomic mass is 10.1. The van der Waals surface area contributed by atoms with Gasteiger partial charge in [-0.1, -0.05) is 38.1 Å². The lowest BCUT2D eigenvalue weighted by Crippen LogP contribution is -2.51. The highest BCUT2D eigenvalue weighted by Crippen LogP contribution is 2.29. The maximum atomic E-state index is 13.0. The largest absolute Gasteiger partial charge is 0.360 e. The van der Waals surface area contributed by atoms with Crippen molar-refractivity contribution >= 4 is 23.1 Å². The number of imidazole rings is 1. The van der Waals surface area contributed by atoms with Crippen LogP contribution in [0.4, 0.5) is 11.5 Å². The standard InChI is InChI=1S/C26H27N5O/c1-18(2)21-10-11-23(27-16-21)31-14-13-29(17-25(31)32)22-8-6-7-20(15-22)26-19(3)30-12-5-4-9-24(30)28-26/h4-12,15-16,18H,13-14,17H2,1-3H3. The van der Waals surface area contributed by atoms with Crippen LogP contribution in [0.15, 0.2) is 67.0 Å². The zero-order chi connectivity index (χ0) is 22.2. The zero-order valence-electron chi connectivity index (χ0n) is 18.7. The van der Waals surface area contributed by atoms with Crippen molar-refractivity contribution in [3.63, 3.8) is 0 Å². The Labute approximate surface area is 188 Å². The van der Waals surface area contributed by atoms with Crippen molar-refractivity contribution < 1.29 is 4.79 Å². The van der Waals surface area contributed by atoms with Gasteiger partial charge in [0.05, 0.1) is 12.2 Å². The van der Waals surface area contributed by atoms with Gasteiger partial charge in [-0.25, -0.2) is 9.97 Å². The summed E-state index contributed by atoms with van der Waals surface area (Å²) in [6.07, 6.45) is 3.91. The molecule has 1 amide bonds. The molecule has 6 heteroatoms. The average molecular weight is 426 g/mol. The molecule has 32 heavy (non-hydrogen) atoms. The molecule has 3 aromatic heterocycles. The summed E-state index contributed by atoms with van der Waals surface area (Å²) in [7, 11) is 0.